The summed E-state index contributed by atoms with van der Waals surface area (Å²) in [6, 6.07) is 6.05. The number of aliphatic hydroxyl groups is 1. The molecule has 0 radical (unpaired) electrons. The Kier molecular flexibility index (Phi) is 5.98. The second-order valence-corrected chi connectivity index (χ2v) is 5.24. The van der Waals surface area contributed by atoms with Gasteiger partial charge in [0.25, 0.3) is 0 Å². The maximum Gasteiger partial charge on any atom is 0.320 e. The Morgan fingerprint density at radius 3 is 2.45 bits per heavy atom. The fourth-order valence-corrected chi connectivity index (χ4v) is 2.04. The van der Waals surface area contributed by atoms with E-state index in [1.54, 1.807) is 38.3 Å². The number of hydrogen-bond acceptors (Lipinski definition) is 4. The molecule has 112 valence electrons. The van der Waals surface area contributed by atoms with E-state index in [0.29, 0.717) is 11.3 Å². The third-order valence-electron chi connectivity index (χ3n) is 3.28. The van der Waals surface area contributed by atoms with E-state index in [1.807, 2.05) is 13.8 Å². The molecule has 1 aromatic carbocycles. The summed E-state index contributed by atoms with van der Waals surface area (Å²) in [4.78, 5) is 11.2. The smallest absolute Gasteiger partial charge is 0.320 e. The van der Waals surface area contributed by atoms with Crippen LogP contribution in [-0.4, -0.2) is 35.4 Å². The molecule has 0 aliphatic heterocycles. The first kappa shape index (κ1) is 16.5. The number of carbonyl (C=O) groups is 1. The molecule has 0 spiro atoms. The van der Waals surface area contributed by atoms with E-state index >= 15 is 0 Å². The minimum Gasteiger partial charge on any atom is -0.497 e. The van der Waals surface area contributed by atoms with Crippen molar-refractivity contribution in [2.45, 2.75) is 39.0 Å². The second-order valence-electron chi connectivity index (χ2n) is 5.24. The third kappa shape index (κ3) is 4.21. The predicted octanol–water partition coefficient (Wildman–Crippen LogP) is 1.82. The van der Waals surface area contributed by atoms with Crippen LogP contribution in [0.25, 0.3) is 0 Å². The van der Waals surface area contributed by atoms with E-state index in [1.165, 1.54) is 0 Å². The van der Waals surface area contributed by atoms with Crippen molar-refractivity contribution < 1.29 is 19.7 Å². The van der Waals surface area contributed by atoms with Crippen LogP contribution < -0.4 is 10.1 Å². The zero-order valence-corrected chi connectivity index (χ0v) is 12.3. The lowest BCUT2D eigenvalue weighted by Gasteiger charge is -2.26. The Morgan fingerprint density at radius 1 is 1.30 bits per heavy atom. The molecule has 3 atom stereocenters. The SMILES string of the molecule is COc1cccc(C(O)C(C)NC(C(=O)O)C(C)C)c1. The van der Waals surface area contributed by atoms with Gasteiger partial charge in [0.15, 0.2) is 0 Å². The van der Waals surface area contributed by atoms with Gasteiger partial charge in [-0.1, -0.05) is 26.0 Å². The fraction of sp³-hybridized carbons (Fsp3) is 0.533. The Labute approximate surface area is 119 Å². The molecule has 1 aromatic rings. The Balaban J connectivity index is 2.79. The average Bonchev–Trinajstić information content (AvgIpc) is 2.42. The molecule has 0 bridgehead atoms. The highest BCUT2D eigenvalue weighted by Crippen LogP contribution is 2.22. The molecule has 5 nitrogen and oxygen atoms in total. The monoisotopic (exact) mass is 281 g/mol. The molecule has 1 rings (SSSR count). The highest BCUT2D eigenvalue weighted by molar-refractivity contribution is 5.73. The van der Waals surface area contributed by atoms with Gasteiger partial charge in [0.2, 0.25) is 0 Å². The molecule has 0 fully saturated rings. The lowest BCUT2D eigenvalue weighted by molar-refractivity contribution is -0.141. The predicted molar refractivity (Wildman–Crippen MR) is 76.8 cm³/mol. The van der Waals surface area contributed by atoms with Crippen LogP contribution in [0.15, 0.2) is 24.3 Å². The average molecular weight is 281 g/mol. The van der Waals surface area contributed by atoms with Crippen LogP contribution in [0, 0.1) is 5.92 Å². The van der Waals surface area contributed by atoms with Crippen LogP contribution in [0.4, 0.5) is 0 Å². The first-order valence-electron chi connectivity index (χ1n) is 6.67. The maximum absolute atomic E-state index is 11.2. The summed E-state index contributed by atoms with van der Waals surface area (Å²) >= 11 is 0. The van der Waals surface area contributed by atoms with Crippen molar-refractivity contribution in [2.24, 2.45) is 5.92 Å². The van der Waals surface area contributed by atoms with Crippen molar-refractivity contribution >= 4 is 5.97 Å². The van der Waals surface area contributed by atoms with Gasteiger partial charge in [-0.05, 0) is 30.5 Å². The Hall–Kier alpha value is -1.59. The molecule has 0 aliphatic rings. The summed E-state index contributed by atoms with van der Waals surface area (Å²) in [7, 11) is 1.56. The van der Waals surface area contributed by atoms with E-state index in [0.717, 1.165) is 0 Å². The minimum atomic E-state index is -0.912. The number of methoxy groups -OCH3 is 1. The van der Waals surface area contributed by atoms with Crippen LogP contribution in [0.1, 0.15) is 32.4 Å². The van der Waals surface area contributed by atoms with E-state index in [9.17, 15) is 9.90 Å². The van der Waals surface area contributed by atoms with Crippen molar-refractivity contribution in [3.63, 3.8) is 0 Å². The summed E-state index contributed by atoms with van der Waals surface area (Å²) in [5, 5.41) is 22.4. The number of aliphatic hydroxyl groups excluding tert-OH is 1. The third-order valence-corrected chi connectivity index (χ3v) is 3.28. The van der Waals surface area contributed by atoms with Gasteiger partial charge in [0, 0.05) is 6.04 Å². The van der Waals surface area contributed by atoms with Gasteiger partial charge in [0.05, 0.1) is 13.2 Å². The number of aliphatic carboxylic acids is 1. The number of benzene rings is 1. The van der Waals surface area contributed by atoms with Gasteiger partial charge >= 0.3 is 5.97 Å². The van der Waals surface area contributed by atoms with E-state index < -0.39 is 18.1 Å². The standard InChI is InChI=1S/C15H23NO4/c1-9(2)13(15(18)19)16-10(3)14(17)11-6-5-7-12(8-11)20-4/h5-10,13-14,16-17H,1-4H3,(H,18,19). The summed E-state index contributed by atoms with van der Waals surface area (Å²) in [6.45, 7) is 5.43. The molecule has 3 N–H and O–H groups in total. The van der Waals surface area contributed by atoms with Crippen LogP contribution >= 0.6 is 0 Å². The second kappa shape index (κ2) is 7.26. The molecule has 0 saturated carbocycles. The number of ether oxygens (including phenoxy) is 1. The van der Waals surface area contributed by atoms with Crippen molar-refractivity contribution in [1.82, 2.24) is 5.32 Å². The zero-order valence-electron chi connectivity index (χ0n) is 12.3. The maximum atomic E-state index is 11.2. The summed E-state index contributed by atoms with van der Waals surface area (Å²) < 4.78 is 5.12. The topological polar surface area (TPSA) is 78.8 Å². The number of carboxylic acid groups (broad SMARTS) is 1. The number of rotatable bonds is 7. The first-order valence-corrected chi connectivity index (χ1v) is 6.67. The minimum absolute atomic E-state index is 0.0625. The molecule has 20 heavy (non-hydrogen) atoms. The van der Waals surface area contributed by atoms with Crippen molar-refractivity contribution in [3.05, 3.63) is 29.8 Å². The highest BCUT2D eigenvalue weighted by atomic mass is 16.5. The normalized spacial score (nSPS) is 15.7. The van der Waals surface area contributed by atoms with E-state index in [2.05, 4.69) is 5.32 Å². The van der Waals surface area contributed by atoms with Crippen molar-refractivity contribution in [1.29, 1.82) is 0 Å². The number of hydrogen-bond donors (Lipinski definition) is 3. The largest absolute Gasteiger partial charge is 0.497 e. The molecule has 5 heteroatoms. The summed E-state index contributed by atoms with van der Waals surface area (Å²) in [5.74, 6) is -0.315. The van der Waals surface area contributed by atoms with Gasteiger partial charge < -0.3 is 14.9 Å². The number of nitrogens with one attached hydrogen (secondary N) is 1. The van der Waals surface area contributed by atoms with Gasteiger partial charge in [-0.25, -0.2) is 0 Å². The van der Waals surface area contributed by atoms with Gasteiger partial charge in [-0.3, -0.25) is 10.1 Å². The molecule has 0 aromatic heterocycles. The van der Waals surface area contributed by atoms with Crippen LogP contribution in [0.5, 0.6) is 5.75 Å². The summed E-state index contributed by atoms with van der Waals surface area (Å²) in [6.07, 6.45) is -0.800. The van der Waals surface area contributed by atoms with Crippen LogP contribution in [0.3, 0.4) is 0 Å². The molecule has 0 saturated heterocycles. The molecule has 0 amide bonds. The Bertz CT molecular complexity index is 447. The van der Waals surface area contributed by atoms with Gasteiger partial charge in [0.1, 0.15) is 11.8 Å². The van der Waals surface area contributed by atoms with Gasteiger partial charge in [-0.15, -0.1) is 0 Å². The van der Waals surface area contributed by atoms with E-state index in [4.69, 9.17) is 9.84 Å². The number of carboxylic acids is 1. The molecule has 0 aliphatic carbocycles. The molecular weight excluding hydrogens is 258 g/mol. The lowest BCUT2D eigenvalue weighted by atomic mass is 9.99. The van der Waals surface area contributed by atoms with Crippen LogP contribution in [0.2, 0.25) is 0 Å². The Morgan fingerprint density at radius 2 is 1.95 bits per heavy atom. The fourth-order valence-electron chi connectivity index (χ4n) is 2.04. The van der Waals surface area contributed by atoms with E-state index in [-0.39, 0.29) is 12.0 Å². The van der Waals surface area contributed by atoms with Gasteiger partial charge in [-0.2, -0.15) is 0 Å². The first-order chi connectivity index (χ1) is 9.36. The van der Waals surface area contributed by atoms with Crippen LogP contribution in [-0.2, 0) is 4.79 Å². The molecular formula is C15H23NO4. The zero-order chi connectivity index (χ0) is 15.3. The van der Waals surface area contributed by atoms with Crippen molar-refractivity contribution in [3.8, 4) is 5.75 Å². The molecule has 0 heterocycles. The van der Waals surface area contributed by atoms with Crippen molar-refractivity contribution in [2.75, 3.05) is 7.11 Å². The molecule has 3 unspecified atom stereocenters. The quantitative estimate of drug-likeness (QED) is 0.710. The highest BCUT2D eigenvalue weighted by Gasteiger charge is 2.26. The summed E-state index contributed by atoms with van der Waals surface area (Å²) in [5.41, 5.74) is 0.692. The lowest BCUT2D eigenvalue weighted by Crippen LogP contribution is -2.47.